The fourth-order valence-electron chi connectivity index (χ4n) is 1.29. The molecule has 0 saturated carbocycles. The lowest BCUT2D eigenvalue weighted by Gasteiger charge is -2.22. The third-order valence-electron chi connectivity index (χ3n) is 2.76. The normalized spacial score (nSPS) is 12.6. The number of hydrogen-bond donors (Lipinski definition) is 4. The Morgan fingerprint density at radius 2 is 1.89 bits per heavy atom. The van der Waals surface area contributed by atoms with Gasteiger partial charge in [-0.25, -0.2) is 4.79 Å². The second kappa shape index (κ2) is 7.60. The Hall–Kier alpha value is -1.79. The van der Waals surface area contributed by atoms with Crippen LogP contribution in [0.4, 0.5) is 4.79 Å². The zero-order valence-corrected chi connectivity index (χ0v) is 11.7. The lowest BCUT2D eigenvalue weighted by Crippen LogP contribution is -2.47. The molecule has 19 heavy (non-hydrogen) atoms. The lowest BCUT2D eigenvalue weighted by molar-refractivity contribution is -0.137. The van der Waals surface area contributed by atoms with Crippen LogP contribution in [0.5, 0.6) is 0 Å². The zero-order chi connectivity index (χ0) is 15.1. The van der Waals surface area contributed by atoms with Crippen molar-refractivity contribution in [1.29, 1.82) is 0 Å². The summed E-state index contributed by atoms with van der Waals surface area (Å²) in [6.45, 7) is 5.23. The Kier molecular flexibility index (Phi) is 6.89. The highest BCUT2D eigenvalue weighted by molar-refractivity contribution is 5.81. The van der Waals surface area contributed by atoms with Crippen LogP contribution in [0.1, 0.15) is 40.0 Å². The Morgan fingerprint density at radius 1 is 1.32 bits per heavy atom. The first kappa shape index (κ1) is 17.2. The molecule has 7 nitrogen and oxygen atoms in total. The van der Waals surface area contributed by atoms with Crippen LogP contribution in [-0.4, -0.2) is 35.6 Å². The summed E-state index contributed by atoms with van der Waals surface area (Å²) in [4.78, 5) is 32.9. The molecule has 0 bridgehead atoms. The van der Waals surface area contributed by atoms with Gasteiger partial charge in [0.2, 0.25) is 5.91 Å². The first-order valence-electron chi connectivity index (χ1n) is 6.21. The number of rotatable bonds is 8. The van der Waals surface area contributed by atoms with Gasteiger partial charge in [0.1, 0.15) is 0 Å². The summed E-state index contributed by atoms with van der Waals surface area (Å²) >= 11 is 0. The van der Waals surface area contributed by atoms with Crippen molar-refractivity contribution >= 4 is 17.9 Å². The summed E-state index contributed by atoms with van der Waals surface area (Å²) in [5, 5.41) is 13.7. The van der Waals surface area contributed by atoms with Crippen LogP contribution in [0.25, 0.3) is 0 Å². The number of amides is 3. The molecule has 0 saturated heterocycles. The summed E-state index contributed by atoms with van der Waals surface area (Å²) in [6.07, 6.45) is 1.17. The van der Waals surface area contributed by atoms with Crippen LogP contribution in [0.15, 0.2) is 0 Å². The third-order valence-corrected chi connectivity index (χ3v) is 2.76. The van der Waals surface area contributed by atoms with Gasteiger partial charge in [-0.2, -0.15) is 0 Å². The highest BCUT2D eigenvalue weighted by atomic mass is 16.4. The van der Waals surface area contributed by atoms with Crippen molar-refractivity contribution in [1.82, 2.24) is 10.6 Å². The van der Waals surface area contributed by atoms with E-state index in [0.717, 1.165) is 0 Å². The Morgan fingerprint density at radius 3 is 2.37 bits per heavy atom. The summed E-state index contributed by atoms with van der Waals surface area (Å²) in [5.74, 6) is -1.33. The number of aliphatic carboxylic acids is 1. The van der Waals surface area contributed by atoms with Crippen LogP contribution >= 0.6 is 0 Å². The fraction of sp³-hybridized carbons (Fsp3) is 0.750. The molecule has 1 unspecified atom stereocenters. The standard InChI is InChI=1S/C12H23N3O4/c1-8(5-4-6-9(16)17)15-11(19)14-7-12(2,3)10(13)18/h8H,4-7H2,1-3H3,(H2,13,18)(H,16,17)(H2,14,15,19). The predicted molar refractivity (Wildman–Crippen MR) is 70.5 cm³/mol. The van der Waals surface area contributed by atoms with E-state index < -0.39 is 23.3 Å². The molecular formula is C12H23N3O4. The first-order valence-corrected chi connectivity index (χ1v) is 6.21. The van der Waals surface area contributed by atoms with Gasteiger partial charge in [0.05, 0.1) is 5.41 Å². The third kappa shape index (κ3) is 8.01. The molecule has 0 aromatic carbocycles. The van der Waals surface area contributed by atoms with Crippen LogP contribution in [0.2, 0.25) is 0 Å². The highest BCUT2D eigenvalue weighted by Crippen LogP contribution is 2.11. The SMILES string of the molecule is CC(CCCC(=O)O)NC(=O)NCC(C)(C)C(N)=O. The minimum atomic E-state index is -0.847. The summed E-state index contributed by atoms with van der Waals surface area (Å²) in [5.41, 5.74) is 4.38. The van der Waals surface area contributed by atoms with Gasteiger partial charge in [-0.15, -0.1) is 0 Å². The Bertz CT molecular complexity index is 342. The van der Waals surface area contributed by atoms with Gasteiger partial charge in [0.15, 0.2) is 0 Å². The molecule has 0 aliphatic carbocycles. The van der Waals surface area contributed by atoms with Crippen molar-refractivity contribution in [3.8, 4) is 0 Å². The lowest BCUT2D eigenvalue weighted by atomic mass is 9.93. The number of primary amides is 1. The van der Waals surface area contributed by atoms with E-state index >= 15 is 0 Å². The number of carbonyl (C=O) groups is 3. The van der Waals surface area contributed by atoms with Gasteiger partial charge < -0.3 is 21.5 Å². The van der Waals surface area contributed by atoms with Crippen LogP contribution in [-0.2, 0) is 9.59 Å². The van der Waals surface area contributed by atoms with E-state index in [1.165, 1.54) is 0 Å². The summed E-state index contributed by atoms with van der Waals surface area (Å²) in [6, 6.07) is -0.520. The summed E-state index contributed by atoms with van der Waals surface area (Å²) < 4.78 is 0. The maximum absolute atomic E-state index is 11.5. The first-order chi connectivity index (χ1) is 8.65. The quantitative estimate of drug-likeness (QED) is 0.512. The summed E-state index contributed by atoms with van der Waals surface area (Å²) in [7, 11) is 0. The maximum Gasteiger partial charge on any atom is 0.315 e. The van der Waals surface area contributed by atoms with Crippen LogP contribution in [0.3, 0.4) is 0 Å². The average Bonchev–Trinajstić information content (AvgIpc) is 2.25. The predicted octanol–water partition coefficient (Wildman–Crippen LogP) is 0.441. The maximum atomic E-state index is 11.5. The minimum absolute atomic E-state index is 0.0857. The average molecular weight is 273 g/mol. The molecule has 5 N–H and O–H groups in total. The van der Waals surface area contributed by atoms with E-state index in [4.69, 9.17) is 10.8 Å². The van der Waals surface area contributed by atoms with E-state index in [-0.39, 0.29) is 19.0 Å². The molecule has 0 fully saturated rings. The topological polar surface area (TPSA) is 122 Å². The van der Waals surface area contributed by atoms with Crippen molar-refractivity contribution in [3.63, 3.8) is 0 Å². The number of carbonyl (C=O) groups excluding carboxylic acids is 2. The van der Waals surface area contributed by atoms with Gasteiger partial charge in [0.25, 0.3) is 0 Å². The van der Waals surface area contributed by atoms with Gasteiger partial charge in [0, 0.05) is 19.0 Å². The molecule has 0 radical (unpaired) electrons. The van der Waals surface area contributed by atoms with E-state index in [0.29, 0.717) is 12.8 Å². The van der Waals surface area contributed by atoms with Gasteiger partial charge in [-0.05, 0) is 33.6 Å². The molecular weight excluding hydrogens is 250 g/mol. The Balaban J connectivity index is 3.91. The number of hydrogen-bond acceptors (Lipinski definition) is 3. The monoisotopic (exact) mass is 273 g/mol. The van der Waals surface area contributed by atoms with E-state index in [1.807, 2.05) is 0 Å². The molecule has 0 aromatic heterocycles. The fourth-order valence-corrected chi connectivity index (χ4v) is 1.29. The van der Waals surface area contributed by atoms with Crippen molar-refractivity contribution in [3.05, 3.63) is 0 Å². The number of nitrogens with two attached hydrogens (primary N) is 1. The Labute approximate surface area is 112 Å². The number of carboxylic acids is 1. The van der Waals surface area contributed by atoms with Gasteiger partial charge in [-0.3, -0.25) is 9.59 Å². The zero-order valence-electron chi connectivity index (χ0n) is 11.7. The van der Waals surface area contributed by atoms with Crippen molar-refractivity contribution < 1.29 is 19.5 Å². The molecule has 7 heteroatoms. The largest absolute Gasteiger partial charge is 0.481 e. The second-order valence-corrected chi connectivity index (χ2v) is 5.26. The van der Waals surface area contributed by atoms with E-state index in [1.54, 1.807) is 20.8 Å². The van der Waals surface area contributed by atoms with Crippen molar-refractivity contribution in [2.75, 3.05) is 6.54 Å². The number of nitrogens with one attached hydrogen (secondary N) is 2. The van der Waals surface area contributed by atoms with E-state index in [9.17, 15) is 14.4 Å². The molecule has 1 atom stereocenters. The highest BCUT2D eigenvalue weighted by Gasteiger charge is 2.25. The molecule has 0 spiro atoms. The van der Waals surface area contributed by atoms with E-state index in [2.05, 4.69) is 10.6 Å². The smallest absolute Gasteiger partial charge is 0.315 e. The molecule has 3 amide bonds. The molecule has 0 rings (SSSR count). The molecule has 0 aromatic rings. The molecule has 0 aliphatic rings. The van der Waals surface area contributed by atoms with Crippen LogP contribution < -0.4 is 16.4 Å². The van der Waals surface area contributed by atoms with Crippen molar-refractivity contribution in [2.45, 2.75) is 46.1 Å². The minimum Gasteiger partial charge on any atom is -0.481 e. The van der Waals surface area contributed by atoms with Crippen molar-refractivity contribution in [2.24, 2.45) is 11.1 Å². The molecule has 0 aliphatic heterocycles. The number of urea groups is 1. The number of carboxylic acid groups (broad SMARTS) is 1. The van der Waals surface area contributed by atoms with Crippen LogP contribution in [0, 0.1) is 5.41 Å². The second-order valence-electron chi connectivity index (χ2n) is 5.26. The molecule has 110 valence electrons. The van der Waals surface area contributed by atoms with Gasteiger partial charge in [-0.1, -0.05) is 0 Å². The molecule has 0 heterocycles. The van der Waals surface area contributed by atoms with Gasteiger partial charge >= 0.3 is 12.0 Å².